The third-order valence-corrected chi connectivity index (χ3v) is 7.64. The van der Waals surface area contributed by atoms with E-state index >= 15 is 0 Å². The van der Waals surface area contributed by atoms with E-state index in [-0.39, 0.29) is 23.3 Å². The Morgan fingerprint density at radius 1 is 1.09 bits per heavy atom. The van der Waals surface area contributed by atoms with Gasteiger partial charge in [-0.1, -0.05) is 6.42 Å². The first kappa shape index (κ1) is 20.3. The minimum absolute atomic E-state index is 0.0200. The van der Waals surface area contributed by atoms with Crippen LogP contribution in [0, 0.1) is 24.7 Å². The van der Waals surface area contributed by atoms with Crippen molar-refractivity contribution in [3.63, 3.8) is 0 Å². The number of rotatable bonds is 4. The number of aromatic nitrogens is 3. The lowest BCUT2D eigenvalue weighted by Crippen LogP contribution is -2.48. The third-order valence-electron chi connectivity index (χ3n) is 7.64. The maximum atomic E-state index is 13.5. The zero-order valence-electron chi connectivity index (χ0n) is 18.5. The van der Waals surface area contributed by atoms with Crippen LogP contribution in [0.25, 0.3) is 0 Å². The molecule has 33 heavy (non-hydrogen) atoms. The Kier molecular flexibility index (Phi) is 4.55. The van der Waals surface area contributed by atoms with E-state index in [1.54, 1.807) is 16.7 Å². The zero-order valence-corrected chi connectivity index (χ0v) is 18.5. The first-order valence-corrected chi connectivity index (χ1v) is 11.7. The number of pyridine rings is 1. The summed E-state index contributed by atoms with van der Waals surface area (Å²) in [4.78, 5) is 47.2. The van der Waals surface area contributed by atoms with Crippen LogP contribution in [-0.2, 0) is 10.5 Å². The summed E-state index contributed by atoms with van der Waals surface area (Å²) >= 11 is 0. The molecule has 2 aromatic rings. The number of carbonyl (C=O) groups excluding carboxylic acids is 2. The van der Waals surface area contributed by atoms with Crippen molar-refractivity contribution in [3.05, 3.63) is 40.1 Å². The second kappa shape index (κ2) is 7.38. The van der Waals surface area contributed by atoms with Crippen molar-refractivity contribution in [3.8, 4) is 0 Å². The van der Waals surface area contributed by atoms with Crippen molar-refractivity contribution < 1.29 is 9.59 Å². The highest BCUT2D eigenvalue weighted by molar-refractivity contribution is 5.97. The quantitative estimate of drug-likeness (QED) is 0.556. The molecule has 0 bridgehead atoms. The number of piperidine rings is 1. The average molecular weight is 450 g/mol. The van der Waals surface area contributed by atoms with Gasteiger partial charge in [0.2, 0.25) is 5.91 Å². The fourth-order valence-electron chi connectivity index (χ4n) is 5.98. The van der Waals surface area contributed by atoms with E-state index in [1.807, 2.05) is 6.92 Å². The Hall–Kier alpha value is -3.27. The van der Waals surface area contributed by atoms with Crippen LogP contribution >= 0.6 is 0 Å². The van der Waals surface area contributed by atoms with E-state index in [4.69, 9.17) is 0 Å². The number of nitrogens with zero attached hydrogens (tertiary/aromatic N) is 3. The van der Waals surface area contributed by atoms with Gasteiger partial charge in [0.1, 0.15) is 35.0 Å². The van der Waals surface area contributed by atoms with E-state index in [0.717, 1.165) is 50.8 Å². The normalized spacial score (nSPS) is 26.5. The molecule has 0 radical (unpaired) electrons. The molecular weight excluding hydrogens is 422 g/mol. The molecule has 2 aliphatic heterocycles. The van der Waals surface area contributed by atoms with Crippen LogP contribution in [0.1, 0.15) is 48.2 Å². The lowest BCUT2D eigenvalue weighted by molar-refractivity contribution is -0.118. The van der Waals surface area contributed by atoms with Gasteiger partial charge in [-0.3, -0.25) is 19.0 Å². The molecule has 2 amide bonds. The summed E-state index contributed by atoms with van der Waals surface area (Å²) in [5.74, 6) is 1.47. The summed E-state index contributed by atoms with van der Waals surface area (Å²) in [6, 6.07) is 3.31. The van der Waals surface area contributed by atoms with Crippen molar-refractivity contribution >= 4 is 29.1 Å². The highest BCUT2D eigenvalue weighted by atomic mass is 16.2. The summed E-state index contributed by atoms with van der Waals surface area (Å²) in [6.07, 6.45) is 5.90. The fourth-order valence-corrected chi connectivity index (χ4v) is 5.98. The number of nitrogens with one attached hydrogen (secondary N) is 4. The van der Waals surface area contributed by atoms with Gasteiger partial charge in [0.15, 0.2) is 0 Å². The Morgan fingerprint density at radius 2 is 1.82 bits per heavy atom. The Morgan fingerprint density at radius 3 is 2.58 bits per heavy atom. The molecule has 1 saturated heterocycles. The lowest BCUT2D eigenvalue weighted by atomic mass is 9.89. The number of aryl methyl sites for hydroxylation is 1. The van der Waals surface area contributed by atoms with Crippen molar-refractivity contribution in [1.82, 2.24) is 25.2 Å². The minimum Gasteiger partial charge on any atom is -0.336 e. The van der Waals surface area contributed by atoms with Crippen LogP contribution < -0.4 is 26.8 Å². The molecule has 1 spiro atoms. The van der Waals surface area contributed by atoms with Gasteiger partial charge in [0.05, 0.1) is 0 Å². The second-order valence-electron chi connectivity index (χ2n) is 9.69. The molecule has 6 rings (SSSR count). The third kappa shape index (κ3) is 3.23. The number of hydrogen-bond donors (Lipinski definition) is 4. The first-order valence-electron chi connectivity index (χ1n) is 11.7. The van der Waals surface area contributed by atoms with Gasteiger partial charge < -0.3 is 21.3 Å². The molecular formula is C23H27N7O3. The molecule has 2 unspecified atom stereocenters. The van der Waals surface area contributed by atoms with Gasteiger partial charge in [0, 0.05) is 12.0 Å². The highest BCUT2D eigenvalue weighted by Gasteiger charge is 2.56. The maximum Gasteiger partial charge on any atom is 0.276 e. The fraction of sp³-hybridized carbons (Fsp3) is 0.522. The van der Waals surface area contributed by atoms with Crippen LogP contribution in [0.4, 0.5) is 17.3 Å². The molecule has 10 heteroatoms. The number of carbonyl (C=O) groups is 2. The van der Waals surface area contributed by atoms with Gasteiger partial charge in [-0.2, -0.15) is 0 Å². The summed E-state index contributed by atoms with van der Waals surface area (Å²) in [7, 11) is 0. The van der Waals surface area contributed by atoms with Gasteiger partial charge in [0.25, 0.3) is 11.5 Å². The van der Waals surface area contributed by atoms with Crippen LogP contribution in [0.2, 0.25) is 0 Å². The molecule has 2 aliphatic carbocycles. The summed E-state index contributed by atoms with van der Waals surface area (Å²) < 4.78 is 1.65. The summed E-state index contributed by atoms with van der Waals surface area (Å²) in [6.45, 7) is 3.62. The Balaban J connectivity index is 1.27. The number of fused-ring (bicyclic) bond motifs is 3. The number of hydrogen-bond acceptors (Lipinski definition) is 7. The van der Waals surface area contributed by atoms with Crippen molar-refractivity contribution in [1.29, 1.82) is 0 Å². The SMILES string of the molecule is Cc1cc(Nc2cc(NC(=O)C3C4CNCC43)ncn2)c(=O)n2c1C(=O)NC21CCCCC1. The van der Waals surface area contributed by atoms with Crippen LogP contribution in [0.3, 0.4) is 0 Å². The van der Waals surface area contributed by atoms with Gasteiger partial charge in [-0.15, -0.1) is 0 Å². The summed E-state index contributed by atoms with van der Waals surface area (Å²) in [5.41, 5.74) is 0.613. The van der Waals surface area contributed by atoms with E-state index < -0.39 is 5.66 Å². The van der Waals surface area contributed by atoms with Crippen LogP contribution in [0.15, 0.2) is 23.3 Å². The number of amides is 2. The molecule has 10 nitrogen and oxygen atoms in total. The molecule has 2 aromatic heterocycles. The zero-order chi connectivity index (χ0) is 22.7. The molecule has 4 heterocycles. The van der Waals surface area contributed by atoms with E-state index in [2.05, 4.69) is 31.2 Å². The Labute approximate surface area is 190 Å². The molecule has 2 saturated carbocycles. The average Bonchev–Trinajstić information content (AvgIpc) is 3.12. The van der Waals surface area contributed by atoms with Crippen molar-refractivity contribution in [2.24, 2.45) is 17.8 Å². The van der Waals surface area contributed by atoms with Gasteiger partial charge in [-0.05, 0) is 69.2 Å². The molecule has 2 atom stereocenters. The topological polar surface area (TPSA) is 130 Å². The van der Waals surface area contributed by atoms with Crippen LogP contribution in [-0.4, -0.2) is 39.4 Å². The van der Waals surface area contributed by atoms with Gasteiger partial charge in [-0.25, -0.2) is 9.97 Å². The van der Waals surface area contributed by atoms with Crippen molar-refractivity contribution in [2.75, 3.05) is 23.7 Å². The monoisotopic (exact) mass is 449 g/mol. The predicted molar refractivity (Wildman–Crippen MR) is 121 cm³/mol. The van der Waals surface area contributed by atoms with E-state index in [9.17, 15) is 14.4 Å². The van der Waals surface area contributed by atoms with Crippen molar-refractivity contribution in [2.45, 2.75) is 44.7 Å². The first-order chi connectivity index (χ1) is 16.0. The van der Waals surface area contributed by atoms with E-state index in [0.29, 0.717) is 34.9 Å². The molecule has 4 N–H and O–H groups in total. The number of anilines is 3. The predicted octanol–water partition coefficient (Wildman–Crippen LogP) is 1.45. The Bertz CT molecular complexity index is 1210. The second-order valence-corrected chi connectivity index (χ2v) is 9.69. The standard InChI is InChI=1S/C23H27N7O3/c1-12-7-15(22(33)30-19(12)21(32)29-23(30)5-3-2-4-6-23)27-16-8-17(26-11-25-16)28-20(31)18-13-9-24-10-14(13)18/h7-8,11,13-14,18,24H,2-6,9-10H2,1H3,(H,29,32)(H2,25,26,27,28,31). The minimum atomic E-state index is -0.647. The van der Waals surface area contributed by atoms with Gasteiger partial charge >= 0.3 is 0 Å². The van der Waals surface area contributed by atoms with E-state index in [1.165, 1.54) is 6.33 Å². The van der Waals surface area contributed by atoms with Crippen LogP contribution in [0.5, 0.6) is 0 Å². The highest BCUT2D eigenvalue weighted by Crippen LogP contribution is 2.49. The maximum absolute atomic E-state index is 13.5. The molecule has 3 fully saturated rings. The molecule has 0 aromatic carbocycles. The molecule has 172 valence electrons. The summed E-state index contributed by atoms with van der Waals surface area (Å²) in [5, 5.41) is 12.4. The smallest absolute Gasteiger partial charge is 0.276 e. The molecule has 4 aliphatic rings. The lowest BCUT2D eigenvalue weighted by Gasteiger charge is -2.35. The largest absolute Gasteiger partial charge is 0.336 e.